The summed E-state index contributed by atoms with van der Waals surface area (Å²) in [7, 11) is 0.820. The molecule has 0 saturated carbocycles. The van der Waals surface area contributed by atoms with Crippen molar-refractivity contribution in [2.45, 2.75) is 12.5 Å². The van der Waals surface area contributed by atoms with Gasteiger partial charge in [0.15, 0.2) is 0 Å². The highest BCUT2D eigenvalue weighted by Gasteiger charge is 2.25. The summed E-state index contributed by atoms with van der Waals surface area (Å²) in [5.41, 5.74) is 1.85. The molecule has 0 aromatic heterocycles. The molecule has 0 spiro atoms. The Labute approximate surface area is 140 Å². The minimum absolute atomic E-state index is 0.482. The monoisotopic (exact) mass is 317 g/mol. The molecule has 0 aliphatic rings. The number of benzene rings is 3. The van der Waals surface area contributed by atoms with Gasteiger partial charge < -0.3 is 4.74 Å². The first-order valence-corrected chi connectivity index (χ1v) is 9.49. The third-order valence-corrected chi connectivity index (χ3v) is 7.33. The van der Waals surface area contributed by atoms with Crippen molar-refractivity contribution in [1.82, 2.24) is 0 Å². The van der Waals surface area contributed by atoms with Crippen LogP contribution in [0.3, 0.4) is 0 Å². The van der Waals surface area contributed by atoms with Gasteiger partial charge >= 0.3 is 0 Å². The summed E-state index contributed by atoms with van der Waals surface area (Å²) in [6, 6.07) is 30.3. The normalized spacial score (nSPS) is 12.1. The average molecular weight is 317 g/mol. The SMILES string of the molecule is COc1ccc(C(C)[Si](c2ccccc2)c2ccccc2)cc1. The lowest BCUT2D eigenvalue weighted by atomic mass is 10.1. The van der Waals surface area contributed by atoms with Gasteiger partial charge in [-0.15, -0.1) is 0 Å². The largest absolute Gasteiger partial charge is 0.497 e. The van der Waals surface area contributed by atoms with Crippen molar-refractivity contribution in [3.8, 4) is 5.75 Å². The van der Waals surface area contributed by atoms with E-state index in [4.69, 9.17) is 4.74 Å². The number of hydrogen-bond acceptors (Lipinski definition) is 1. The van der Waals surface area contributed by atoms with E-state index in [1.807, 2.05) is 0 Å². The first-order chi connectivity index (χ1) is 11.3. The lowest BCUT2D eigenvalue weighted by Gasteiger charge is -2.24. The minimum Gasteiger partial charge on any atom is -0.497 e. The molecule has 3 aromatic carbocycles. The van der Waals surface area contributed by atoms with Gasteiger partial charge in [-0.1, -0.05) is 90.1 Å². The molecule has 1 radical (unpaired) electrons. The number of hydrogen-bond donors (Lipinski definition) is 0. The van der Waals surface area contributed by atoms with Gasteiger partial charge in [-0.3, -0.25) is 0 Å². The molecule has 0 aliphatic carbocycles. The predicted octanol–water partition coefficient (Wildman–Crippen LogP) is 3.65. The third-order valence-electron chi connectivity index (χ3n) is 4.22. The Bertz CT molecular complexity index is 683. The predicted molar refractivity (Wildman–Crippen MR) is 99.3 cm³/mol. The zero-order valence-electron chi connectivity index (χ0n) is 13.6. The Kier molecular flexibility index (Phi) is 4.94. The van der Waals surface area contributed by atoms with Crippen molar-refractivity contribution < 1.29 is 4.74 Å². The van der Waals surface area contributed by atoms with E-state index in [1.165, 1.54) is 15.9 Å². The Morgan fingerprint density at radius 3 is 1.61 bits per heavy atom. The Morgan fingerprint density at radius 2 is 1.17 bits per heavy atom. The van der Waals surface area contributed by atoms with Crippen LogP contribution in [0.2, 0.25) is 0 Å². The van der Waals surface area contributed by atoms with Crippen LogP contribution in [0.5, 0.6) is 5.75 Å². The maximum atomic E-state index is 5.29. The number of rotatable bonds is 5. The zero-order valence-corrected chi connectivity index (χ0v) is 14.6. The Morgan fingerprint density at radius 1 is 0.696 bits per heavy atom. The highest BCUT2D eigenvalue weighted by molar-refractivity contribution is 6.86. The standard InChI is InChI=1S/C21H21OSi/c1-17(18-13-15-19(22-2)16-14-18)23(20-9-5-3-6-10-20)21-11-7-4-8-12-21/h3-17H,1-2H3. The van der Waals surface area contributed by atoms with E-state index in [0.29, 0.717) is 5.54 Å². The van der Waals surface area contributed by atoms with E-state index < -0.39 is 8.80 Å². The van der Waals surface area contributed by atoms with Gasteiger partial charge in [-0.2, -0.15) is 0 Å². The summed E-state index contributed by atoms with van der Waals surface area (Å²) in [6.45, 7) is 2.34. The van der Waals surface area contributed by atoms with E-state index in [9.17, 15) is 0 Å². The van der Waals surface area contributed by atoms with E-state index in [2.05, 4.69) is 91.9 Å². The van der Waals surface area contributed by atoms with E-state index in [1.54, 1.807) is 7.11 Å². The van der Waals surface area contributed by atoms with Crippen molar-refractivity contribution >= 4 is 19.2 Å². The summed E-state index contributed by atoms with van der Waals surface area (Å²) < 4.78 is 5.29. The number of ether oxygens (including phenoxy) is 1. The van der Waals surface area contributed by atoms with Crippen LogP contribution in [-0.4, -0.2) is 15.9 Å². The molecule has 0 fully saturated rings. The van der Waals surface area contributed by atoms with E-state index in [-0.39, 0.29) is 0 Å². The van der Waals surface area contributed by atoms with Gasteiger partial charge in [0.25, 0.3) is 0 Å². The van der Waals surface area contributed by atoms with Crippen LogP contribution in [0, 0.1) is 0 Å². The fourth-order valence-corrected chi connectivity index (χ4v) is 5.92. The topological polar surface area (TPSA) is 9.23 Å². The number of methoxy groups -OCH3 is 1. The molecule has 115 valence electrons. The second-order valence-electron chi connectivity index (χ2n) is 5.64. The smallest absolute Gasteiger partial charge is 0.128 e. The molecule has 2 heteroatoms. The summed E-state index contributed by atoms with van der Waals surface area (Å²) in [6.07, 6.45) is 0. The van der Waals surface area contributed by atoms with Crippen LogP contribution < -0.4 is 15.1 Å². The molecule has 1 atom stereocenters. The fraction of sp³-hybridized carbons (Fsp3) is 0.143. The molecular formula is C21H21OSi. The van der Waals surface area contributed by atoms with Crippen molar-refractivity contribution in [3.05, 3.63) is 90.5 Å². The van der Waals surface area contributed by atoms with Crippen molar-refractivity contribution in [3.63, 3.8) is 0 Å². The van der Waals surface area contributed by atoms with Crippen LogP contribution in [0.1, 0.15) is 18.0 Å². The lowest BCUT2D eigenvalue weighted by molar-refractivity contribution is 0.414. The molecule has 0 bridgehead atoms. The van der Waals surface area contributed by atoms with Crippen LogP contribution >= 0.6 is 0 Å². The molecule has 1 nitrogen and oxygen atoms in total. The Hall–Kier alpha value is -2.32. The van der Waals surface area contributed by atoms with Gasteiger partial charge in [0, 0.05) is 0 Å². The van der Waals surface area contributed by atoms with E-state index in [0.717, 1.165) is 5.75 Å². The fourth-order valence-electron chi connectivity index (χ4n) is 2.96. The highest BCUT2D eigenvalue weighted by atomic mass is 28.3. The van der Waals surface area contributed by atoms with Gasteiger partial charge in [0.2, 0.25) is 0 Å². The second-order valence-corrected chi connectivity index (χ2v) is 8.49. The minimum atomic E-state index is -0.890. The first-order valence-electron chi connectivity index (χ1n) is 7.91. The second kappa shape index (κ2) is 7.29. The molecule has 23 heavy (non-hydrogen) atoms. The molecule has 3 rings (SSSR count). The van der Waals surface area contributed by atoms with Gasteiger partial charge in [-0.05, 0) is 23.2 Å². The van der Waals surface area contributed by atoms with Gasteiger partial charge in [0.1, 0.15) is 14.5 Å². The van der Waals surface area contributed by atoms with Crippen LogP contribution in [-0.2, 0) is 0 Å². The third kappa shape index (κ3) is 3.54. The summed E-state index contributed by atoms with van der Waals surface area (Å²) in [5, 5.41) is 2.90. The summed E-state index contributed by atoms with van der Waals surface area (Å²) >= 11 is 0. The van der Waals surface area contributed by atoms with Gasteiger partial charge in [-0.25, -0.2) is 0 Å². The maximum Gasteiger partial charge on any atom is 0.128 e. The average Bonchev–Trinajstić information content (AvgIpc) is 2.64. The van der Waals surface area contributed by atoms with Crippen molar-refractivity contribution in [1.29, 1.82) is 0 Å². The summed E-state index contributed by atoms with van der Waals surface area (Å²) in [5.74, 6) is 0.911. The summed E-state index contributed by atoms with van der Waals surface area (Å²) in [4.78, 5) is 0. The molecule has 0 amide bonds. The van der Waals surface area contributed by atoms with Crippen LogP contribution in [0.15, 0.2) is 84.9 Å². The van der Waals surface area contributed by atoms with Crippen molar-refractivity contribution in [2.24, 2.45) is 0 Å². The maximum absolute atomic E-state index is 5.29. The Balaban J connectivity index is 2.00. The molecule has 0 saturated heterocycles. The molecule has 0 aliphatic heterocycles. The molecule has 0 heterocycles. The molecule has 3 aromatic rings. The molecular weight excluding hydrogens is 296 g/mol. The van der Waals surface area contributed by atoms with Crippen LogP contribution in [0.25, 0.3) is 0 Å². The zero-order chi connectivity index (χ0) is 16.1. The highest BCUT2D eigenvalue weighted by Crippen LogP contribution is 2.21. The lowest BCUT2D eigenvalue weighted by Crippen LogP contribution is -2.46. The van der Waals surface area contributed by atoms with E-state index >= 15 is 0 Å². The van der Waals surface area contributed by atoms with Crippen LogP contribution in [0.4, 0.5) is 0 Å². The van der Waals surface area contributed by atoms with Gasteiger partial charge in [0.05, 0.1) is 7.11 Å². The molecule has 0 N–H and O–H groups in total. The first kappa shape index (κ1) is 15.6. The quantitative estimate of drug-likeness (QED) is 0.653. The molecule has 1 unspecified atom stereocenters. The van der Waals surface area contributed by atoms with Crippen molar-refractivity contribution in [2.75, 3.05) is 7.11 Å².